The third-order valence-corrected chi connectivity index (χ3v) is 11.2. The van der Waals surface area contributed by atoms with E-state index in [-0.39, 0.29) is 82.2 Å². The summed E-state index contributed by atoms with van der Waals surface area (Å²) in [6.07, 6.45) is 4.03. The monoisotopic (exact) mass is 749 g/mol. The molecular formula is C38H51N7O9. The summed E-state index contributed by atoms with van der Waals surface area (Å²) in [5, 5.41) is 2.90. The van der Waals surface area contributed by atoms with Gasteiger partial charge in [0.1, 0.15) is 11.6 Å². The second-order valence-corrected chi connectivity index (χ2v) is 14.6. The molecule has 1 aromatic carbocycles. The zero-order valence-electron chi connectivity index (χ0n) is 31.4. The van der Waals surface area contributed by atoms with Crippen LogP contribution >= 0.6 is 0 Å². The fourth-order valence-corrected chi connectivity index (χ4v) is 8.68. The Morgan fingerprint density at radius 2 is 1.91 bits per heavy atom. The van der Waals surface area contributed by atoms with Crippen molar-refractivity contribution in [3.05, 3.63) is 46.7 Å². The third-order valence-electron chi connectivity index (χ3n) is 11.2. The number of nitrogens with one attached hydrogen (secondary N) is 1. The molecule has 16 heteroatoms. The lowest BCUT2D eigenvalue weighted by atomic mass is 9.57. The van der Waals surface area contributed by atoms with E-state index in [0.29, 0.717) is 23.7 Å². The molecule has 292 valence electrons. The summed E-state index contributed by atoms with van der Waals surface area (Å²) in [5.41, 5.74) is 13.9. The van der Waals surface area contributed by atoms with Gasteiger partial charge in [0.25, 0.3) is 0 Å². The van der Waals surface area contributed by atoms with Gasteiger partial charge in [-0.15, -0.1) is 0 Å². The summed E-state index contributed by atoms with van der Waals surface area (Å²) in [4.78, 5) is 74.2. The third kappa shape index (κ3) is 7.48. The minimum absolute atomic E-state index is 0.0396. The van der Waals surface area contributed by atoms with Gasteiger partial charge in [-0.3, -0.25) is 29.2 Å². The molecule has 1 aromatic rings. The smallest absolute Gasteiger partial charge is 0.415 e. The number of likely N-dealkylation sites (tertiary alicyclic amines) is 1. The number of likely N-dealkylation sites (N-methyl/N-ethyl adjacent to an activating group) is 1. The molecule has 3 heterocycles. The Kier molecular flexibility index (Phi) is 11.5. The van der Waals surface area contributed by atoms with Crippen LogP contribution in [0, 0.1) is 5.92 Å². The lowest BCUT2D eigenvalue weighted by molar-refractivity contribution is -0.132. The van der Waals surface area contributed by atoms with Gasteiger partial charge in [-0.1, -0.05) is 12.1 Å². The topological polar surface area (TPSA) is 208 Å². The molecule has 2 unspecified atom stereocenters. The van der Waals surface area contributed by atoms with Crippen LogP contribution in [0.1, 0.15) is 57.1 Å². The molecule has 2 aliphatic carbocycles. The number of nitrogens with zero attached hydrogens (tertiary/aromatic N) is 4. The van der Waals surface area contributed by atoms with Crippen molar-refractivity contribution in [1.82, 2.24) is 20.0 Å². The Bertz CT molecular complexity index is 1770. The van der Waals surface area contributed by atoms with Crippen LogP contribution < -0.4 is 26.3 Å². The van der Waals surface area contributed by atoms with Gasteiger partial charge in [0.05, 0.1) is 31.6 Å². The first kappa shape index (κ1) is 38.6. The lowest BCUT2D eigenvalue weighted by Crippen LogP contribution is -2.61. The van der Waals surface area contributed by atoms with Gasteiger partial charge in [-0.25, -0.2) is 9.59 Å². The van der Waals surface area contributed by atoms with E-state index in [4.69, 9.17) is 30.4 Å². The zero-order valence-corrected chi connectivity index (χ0v) is 31.4. The number of ether oxygens (including phenoxy) is 4. The Morgan fingerprint density at radius 1 is 1.11 bits per heavy atom. The van der Waals surface area contributed by atoms with E-state index in [1.165, 1.54) is 27.9 Å². The number of rotatable bonds is 14. The number of methoxy groups -OCH3 is 1. The molecule has 0 radical (unpaired) electrons. The van der Waals surface area contributed by atoms with Crippen LogP contribution in [0.5, 0.6) is 11.5 Å². The number of hydrogen-bond donors (Lipinski definition) is 3. The molecule has 5 N–H and O–H groups in total. The summed E-state index contributed by atoms with van der Waals surface area (Å²) >= 11 is 0. The maximum atomic E-state index is 14.2. The zero-order chi connectivity index (χ0) is 38.7. The van der Waals surface area contributed by atoms with E-state index in [2.05, 4.69) is 34.4 Å². The first-order valence-electron chi connectivity index (χ1n) is 18.6. The van der Waals surface area contributed by atoms with Crippen molar-refractivity contribution in [2.45, 2.75) is 76.0 Å². The number of carbonyl (C=O) groups excluding carboxylic acids is 5. The van der Waals surface area contributed by atoms with Crippen molar-refractivity contribution >= 4 is 35.6 Å². The average molecular weight is 750 g/mol. The van der Waals surface area contributed by atoms with E-state index in [1.54, 1.807) is 14.0 Å². The van der Waals surface area contributed by atoms with Gasteiger partial charge >= 0.3 is 12.2 Å². The molecule has 5 aliphatic rings. The molecule has 2 saturated heterocycles. The van der Waals surface area contributed by atoms with Crippen molar-refractivity contribution in [1.29, 1.82) is 0 Å². The summed E-state index contributed by atoms with van der Waals surface area (Å²) in [6.45, 7) is 4.65. The van der Waals surface area contributed by atoms with Gasteiger partial charge < -0.3 is 40.6 Å². The second-order valence-electron chi connectivity index (χ2n) is 14.6. The number of nitrogens with two attached hydrogens (primary N) is 2. The van der Waals surface area contributed by atoms with Gasteiger partial charge in [-0.05, 0) is 76.4 Å². The van der Waals surface area contributed by atoms with Crippen LogP contribution in [0.4, 0.5) is 9.59 Å². The van der Waals surface area contributed by atoms with Gasteiger partial charge in [0.15, 0.2) is 29.3 Å². The number of piperazine rings is 1. The van der Waals surface area contributed by atoms with E-state index >= 15 is 0 Å². The highest BCUT2D eigenvalue weighted by atomic mass is 16.6. The molecule has 5 atom stereocenters. The molecule has 1 spiro atoms. The molecule has 3 amide bonds. The number of ketones is 2. The largest absolute Gasteiger partial charge is 0.493 e. The molecule has 6 rings (SSSR count). The Morgan fingerprint density at radius 3 is 2.63 bits per heavy atom. The Hall–Kier alpha value is -5.12. The van der Waals surface area contributed by atoms with Crippen molar-refractivity contribution < 1.29 is 42.9 Å². The van der Waals surface area contributed by atoms with E-state index in [1.807, 2.05) is 12.1 Å². The molecule has 2 bridgehead atoms. The molecule has 0 aromatic heterocycles. The SMILES string of the molecule is CCOC(=O)N1CCN(C(=O)OC2=CC=C3[C@H]4Cc5ccc(OC)c6c5[C@@]3(CCN4C)C2O6)C(CNC(=O)[C@H](CCCN=C(N)N)CC(=O)CC(C)=O)C1. The fraction of sp³-hybridized carbons (Fsp3) is 0.579. The van der Waals surface area contributed by atoms with Crippen molar-refractivity contribution in [2.75, 3.05) is 60.0 Å². The van der Waals surface area contributed by atoms with Gasteiger partial charge in [-0.2, -0.15) is 0 Å². The summed E-state index contributed by atoms with van der Waals surface area (Å²) < 4.78 is 23.9. The second kappa shape index (κ2) is 16.1. The van der Waals surface area contributed by atoms with Crippen molar-refractivity contribution in [2.24, 2.45) is 22.4 Å². The first-order valence-corrected chi connectivity index (χ1v) is 18.6. The van der Waals surface area contributed by atoms with Crippen LogP contribution in [-0.4, -0.2) is 129 Å². The predicted molar refractivity (Wildman–Crippen MR) is 197 cm³/mol. The lowest BCUT2D eigenvalue weighted by Gasteiger charge is -2.52. The molecule has 0 saturated carbocycles. The van der Waals surface area contributed by atoms with Crippen LogP contribution in [0.2, 0.25) is 0 Å². The molecule has 54 heavy (non-hydrogen) atoms. The number of benzene rings is 1. The summed E-state index contributed by atoms with van der Waals surface area (Å²) in [6, 6.07) is 3.52. The molecular weight excluding hydrogens is 698 g/mol. The van der Waals surface area contributed by atoms with E-state index in [9.17, 15) is 24.0 Å². The van der Waals surface area contributed by atoms with Crippen molar-refractivity contribution in [3.8, 4) is 11.5 Å². The fourth-order valence-electron chi connectivity index (χ4n) is 8.68. The standard InChI is InChI=1S/C38H51N7O9/c1-5-52-36(49)44-15-16-45(25(21-44)20-42-34(48)24(7-6-13-41-35(39)40)18-26(47)17-22(2)46)37(50)53-30-11-9-27-28-19-23-8-10-29(51-4)32-31(23)38(27,33(30)54-32)12-14-43(28)3/h8-11,24-25,28,33H,5-7,12-21H2,1-4H3,(H,42,48)(H4,39,40,41)/t24-,25?,28-,33?,38+/m1/s1. The molecule has 2 fully saturated rings. The summed E-state index contributed by atoms with van der Waals surface area (Å²) in [7, 11) is 3.74. The number of amides is 3. The first-order chi connectivity index (χ1) is 25.9. The number of Topliss-reactive ketones (excluding diaryl/α,β-unsaturated/α-hetero) is 2. The Balaban J connectivity index is 1.21. The number of guanidine groups is 1. The van der Waals surface area contributed by atoms with Gasteiger partial charge in [0.2, 0.25) is 5.91 Å². The molecule has 16 nitrogen and oxygen atoms in total. The van der Waals surface area contributed by atoms with Crippen LogP contribution in [0.25, 0.3) is 0 Å². The quantitative estimate of drug-likeness (QED) is 0.108. The minimum atomic E-state index is -0.763. The summed E-state index contributed by atoms with van der Waals surface area (Å²) in [5.74, 6) is -0.241. The highest BCUT2D eigenvalue weighted by Crippen LogP contribution is 2.62. The maximum absolute atomic E-state index is 14.2. The van der Waals surface area contributed by atoms with Crippen LogP contribution in [0.15, 0.2) is 40.6 Å². The van der Waals surface area contributed by atoms with Crippen molar-refractivity contribution in [3.63, 3.8) is 0 Å². The Labute approximate surface area is 314 Å². The van der Waals surface area contributed by atoms with Gasteiger partial charge in [0, 0.05) is 56.7 Å². The van der Waals surface area contributed by atoms with Crippen LogP contribution in [0.3, 0.4) is 0 Å². The van der Waals surface area contributed by atoms with E-state index < -0.39 is 41.6 Å². The highest BCUT2D eigenvalue weighted by molar-refractivity contribution is 5.99. The number of piperidine rings is 1. The molecule has 3 aliphatic heterocycles. The average Bonchev–Trinajstić information content (AvgIpc) is 3.49. The minimum Gasteiger partial charge on any atom is -0.493 e. The van der Waals surface area contributed by atoms with Crippen LogP contribution in [-0.2, 0) is 35.7 Å². The number of allylic oxidation sites excluding steroid dienone is 2. The predicted octanol–water partition coefficient (Wildman–Crippen LogP) is 1.78. The van der Waals surface area contributed by atoms with E-state index in [0.717, 1.165) is 24.9 Å². The number of hydrogen-bond acceptors (Lipinski definition) is 11. The number of aliphatic imine (C=N–C) groups is 1. The number of carbonyl (C=O) groups is 5. The highest BCUT2D eigenvalue weighted by Gasteiger charge is 2.62. The maximum Gasteiger partial charge on any atom is 0.415 e. The normalized spacial score (nSPS) is 24.2.